The predicted molar refractivity (Wildman–Crippen MR) is 120 cm³/mol. The Labute approximate surface area is 178 Å². The number of anilines is 1. The minimum Gasteiger partial charge on any atom is -0.268 e. The van der Waals surface area contributed by atoms with Crippen LogP contribution in [0.1, 0.15) is 34.5 Å². The van der Waals surface area contributed by atoms with Crippen molar-refractivity contribution in [2.45, 2.75) is 30.4 Å². The van der Waals surface area contributed by atoms with Crippen molar-refractivity contribution in [3.8, 4) is 0 Å². The molecule has 30 heavy (non-hydrogen) atoms. The van der Waals surface area contributed by atoms with E-state index < -0.39 is 16.2 Å². The zero-order valence-corrected chi connectivity index (χ0v) is 17.7. The lowest BCUT2D eigenvalue weighted by Gasteiger charge is -2.51. The molecule has 0 aromatic heterocycles. The maximum Gasteiger partial charge on any atom is 0.265 e. The van der Waals surface area contributed by atoms with Crippen LogP contribution in [0.3, 0.4) is 0 Å². The summed E-state index contributed by atoms with van der Waals surface area (Å²) in [7, 11) is -3.78. The first-order valence-electron chi connectivity index (χ1n) is 10.2. The number of rotatable bonds is 3. The van der Waals surface area contributed by atoms with E-state index in [9.17, 15) is 8.42 Å². The summed E-state index contributed by atoms with van der Waals surface area (Å²) in [4.78, 5) is 2.56. The summed E-state index contributed by atoms with van der Waals surface area (Å²) in [6.07, 6.45) is 2.41. The van der Waals surface area contributed by atoms with E-state index in [1.165, 1.54) is 5.56 Å². The van der Waals surface area contributed by atoms with Crippen LogP contribution in [0.4, 0.5) is 5.69 Å². The van der Waals surface area contributed by atoms with Gasteiger partial charge in [0.15, 0.2) is 0 Å². The van der Waals surface area contributed by atoms with Crippen LogP contribution >= 0.6 is 0 Å². The van der Waals surface area contributed by atoms with Crippen molar-refractivity contribution in [1.82, 2.24) is 4.90 Å². The van der Waals surface area contributed by atoms with Gasteiger partial charge in [-0.05, 0) is 48.2 Å². The quantitative estimate of drug-likeness (QED) is 0.565. The molecule has 0 fully saturated rings. The van der Waals surface area contributed by atoms with Gasteiger partial charge >= 0.3 is 0 Å². The largest absolute Gasteiger partial charge is 0.268 e. The molecule has 152 valence electrons. The second-order valence-electron chi connectivity index (χ2n) is 7.91. The average molecular weight is 417 g/mol. The van der Waals surface area contributed by atoms with Crippen molar-refractivity contribution in [3.05, 3.63) is 108 Å². The Balaban J connectivity index is 1.79. The summed E-state index contributed by atoms with van der Waals surface area (Å²) in [5.41, 5.74) is 4.97. The summed E-state index contributed by atoms with van der Waals surface area (Å²) in [6, 6.07) is 23.0. The topological polar surface area (TPSA) is 40.6 Å². The lowest BCUT2D eigenvalue weighted by Crippen LogP contribution is -2.52. The second-order valence-corrected chi connectivity index (χ2v) is 9.73. The maximum absolute atomic E-state index is 14.0. The van der Waals surface area contributed by atoms with Crippen molar-refractivity contribution < 1.29 is 8.42 Å². The van der Waals surface area contributed by atoms with Gasteiger partial charge in [-0.1, -0.05) is 66.2 Å². The van der Waals surface area contributed by atoms with Crippen molar-refractivity contribution in [2.75, 3.05) is 10.8 Å². The Morgan fingerprint density at radius 1 is 0.933 bits per heavy atom. The van der Waals surface area contributed by atoms with E-state index in [4.69, 9.17) is 0 Å². The average Bonchev–Trinajstić information content (AvgIpc) is 2.77. The third-order valence-corrected chi connectivity index (χ3v) is 7.94. The summed E-state index contributed by atoms with van der Waals surface area (Å²) >= 11 is 0. The molecule has 0 saturated carbocycles. The number of sulfonamides is 1. The summed E-state index contributed by atoms with van der Waals surface area (Å²) in [5.74, 6) is 0. The molecule has 2 atom stereocenters. The zero-order valence-electron chi connectivity index (χ0n) is 16.9. The molecule has 3 aromatic rings. The van der Waals surface area contributed by atoms with E-state index in [0.717, 1.165) is 35.3 Å². The summed E-state index contributed by atoms with van der Waals surface area (Å²) < 4.78 is 29.6. The first-order valence-corrected chi connectivity index (χ1v) is 11.6. The van der Waals surface area contributed by atoms with Gasteiger partial charge in [-0.25, -0.2) is 12.7 Å². The molecule has 2 aliphatic heterocycles. The smallest absolute Gasteiger partial charge is 0.265 e. The van der Waals surface area contributed by atoms with Gasteiger partial charge < -0.3 is 0 Å². The highest BCUT2D eigenvalue weighted by Crippen LogP contribution is 2.49. The predicted octanol–water partition coefficient (Wildman–Crippen LogP) is 4.99. The molecule has 0 amide bonds. The number of hydrogen-bond acceptors (Lipinski definition) is 3. The van der Waals surface area contributed by atoms with Gasteiger partial charge in [-0.15, -0.1) is 6.58 Å². The van der Waals surface area contributed by atoms with Crippen LogP contribution in [0, 0.1) is 6.92 Å². The molecule has 0 spiro atoms. The molecule has 0 N–H and O–H groups in total. The van der Waals surface area contributed by atoms with Crippen molar-refractivity contribution in [1.29, 1.82) is 0 Å². The van der Waals surface area contributed by atoms with Crippen LogP contribution in [-0.4, -0.2) is 19.9 Å². The molecular formula is C25H24N2O2S. The molecule has 2 aliphatic rings. The fourth-order valence-corrected chi connectivity index (χ4v) is 6.34. The van der Waals surface area contributed by atoms with E-state index in [1.807, 2.05) is 61.5 Å². The minimum absolute atomic E-state index is 0.0379. The molecule has 0 bridgehead atoms. The fraction of sp³-hybridized carbons (Fsp3) is 0.200. The van der Waals surface area contributed by atoms with Crippen molar-refractivity contribution >= 4 is 15.7 Å². The third kappa shape index (κ3) is 2.81. The molecule has 0 unspecified atom stereocenters. The maximum atomic E-state index is 14.0. The highest BCUT2D eigenvalue weighted by atomic mass is 32.2. The van der Waals surface area contributed by atoms with Gasteiger partial charge in [-0.3, -0.25) is 4.90 Å². The number of nitrogens with zero attached hydrogens (tertiary/aromatic N) is 2. The van der Waals surface area contributed by atoms with Crippen LogP contribution in [0.5, 0.6) is 0 Å². The number of para-hydroxylation sites is 1. The normalized spacial score (nSPS) is 20.8. The fourth-order valence-electron chi connectivity index (χ4n) is 4.71. The molecule has 2 heterocycles. The Morgan fingerprint density at radius 2 is 1.60 bits per heavy atom. The van der Waals surface area contributed by atoms with Crippen LogP contribution in [-0.2, 0) is 16.4 Å². The number of aryl methyl sites for hydroxylation is 1. The first-order chi connectivity index (χ1) is 14.5. The zero-order chi connectivity index (χ0) is 20.9. The van der Waals surface area contributed by atoms with Crippen molar-refractivity contribution in [3.63, 3.8) is 0 Å². The van der Waals surface area contributed by atoms with E-state index in [0.29, 0.717) is 4.90 Å². The van der Waals surface area contributed by atoms with Gasteiger partial charge in [0, 0.05) is 6.54 Å². The Bertz CT molecular complexity index is 1220. The van der Waals surface area contributed by atoms with Gasteiger partial charge in [-0.2, -0.15) is 0 Å². The highest BCUT2D eigenvalue weighted by Gasteiger charge is 2.46. The van der Waals surface area contributed by atoms with Gasteiger partial charge in [0.05, 0.1) is 16.6 Å². The molecule has 0 aliphatic carbocycles. The monoisotopic (exact) mass is 416 g/mol. The van der Waals surface area contributed by atoms with Crippen molar-refractivity contribution in [2.24, 2.45) is 0 Å². The molecule has 0 saturated heterocycles. The summed E-state index contributed by atoms with van der Waals surface area (Å²) in [6.45, 7) is 6.80. The van der Waals surface area contributed by atoms with Crippen LogP contribution in [0.15, 0.2) is 90.3 Å². The molecule has 5 rings (SSSR count). The summed E-state index contributed by atoms with van der Waals surface area (Å²) in [5, 5.41) is 0. The van der Waals surface area contributed by atoms with Crippen LogP contribution < -0.4 is 4.31 Å². The second kappa shape index (κ2) is 7.11. The van der Waals surface area contributed by atoms with E-state index >= 15 is 0 Å². The Morgan fingerprint density at radius 3 is 2.33 bits per heavy atom. The molecule has 3 aromatic carbocycles. The molecular weight excluding hydrogens is 392 g/mol. The minimum atomic E-state index is -3.78. The molecule has 5 heteroatoms. The van der Waals surface area contributed by atoms with Gasteiger partial charge in [0.2, 0.25) is 0 Å². The van der Waals surface area contributed by atoms with Crippen LogP contribution in [0.25, 0.3) is 0 Å². The Kier molecular flexibility index (Phi) is 4.53. The molecule has 4 nitrogen and oxygen atoms in total. The lowest BCUT2D eigenvalue weighted by molar-refractivity contribution is 0.145. The highest BCUT2D eigenvalue weighted by molar-refractivity contribution is 7.92. The standard InChI is InChI=1S/C25H24N2O2S/c1-3-23-22-10-6-7-11-24(22)27(30(28,29)20-14-12-18(2)13-15-20)25-21-9-5-4-8-19(21)16-17-26(23)25/h3-15,23,25H,1,16-17H2,2H3/t23-,25+/m0/s1. The number of benzene rings is 3. The Hall–Kier alpha value is -2.89. The van der Waals surface area contributed by atoms with E-state index in [1.54, 1.807) is 16.4 Å². The number of fused-ring (bicyclic) bond motifs is 4. The molecule has 0 radical (unpaired) electrons. The third-order valence-electron chi connectivity index (χ3n) is 6.16. The number of hydrogen-bond donors (Lipinski definition) is 0. The lowest BCUT2D eigenvalue weighted by atomic mass is 9.90. The SMILES string of the molecule is C=C[C@H]1c2ccccc2N(S(=O)(=O)c2ccc(C)cc2)[C@@H]2c3ccccc3CCN21. The van der Waals surface area contributed by atoms with Crippen LogP contribution in [0.2, 0.25) is 0 Å². The first kappa shape index (κ1) is 19.1. The van der Waals surface area contributed by atoms with E-state index in [2.05, 4.69) is 23.6 Å². The van der Waals surface area contributed by atoms with Gasteiger partial charge in [0.1, 0.15) is 6.17 Å². The van der Waals surface area contributed by atoms with E-state index in [-0.39, 0.29) is 6.04 Å². The van der Waals surface area contributed by atoms with Gasteiger partial charge in [0.25, 0.3) is 10.0 Å².